The normalized spacial score (nSPS) is 10.2. The van der Waals surface area contributed by atoms with Crippen LogP contribution in [-0.2, 0) is 19.1 Å². The van der Waals surface area contributed by atoms with Crippen LogP contribution in [0.25, 0.3) is 0 Å². The van der Waals surface area contributed by atoms with Crippen LogP contribution in [0.15, 0.2) is 16.9 Å². The van der Waals surface area contributed by atoms with Gasteiger partial charge < -0.3 is 19.5 Å². The summed E-state index contributed by atoms with van der Waals surface area (Å²) in [5.41, 5.74) is 0. The zero-order valence-corrected chi connectivity index (χ0v) is 13.5. The van der Waals surface area contributed by atoms with Gasteiger partial charge in [-0.25, -0.2) is 0 Å². The number of hydrogen-bond donors (Lipinski definition) is 1. The van der Waals surface area contributed by atoms with Crippen molar-refractivity contribution >= 4 is 23.6 Å². The average molecular weight is 325 g/mol. The van der Waals surface area contributed by atoms with Crippen molar-refractivity contribution < 1.29 is 23.6 Å². The molecule has 0 spiro atoms. The summed E-state index contributed by atoms with van der Waals surface area (Å²) in [6, 6.07) is 1.51. The van der Waals surface area contributed by atoms with E-state index in [0.29, 0.717) is 12.4 Å². The van der Waals surface area contributed by atoms with Gasteiger partial charge in [-0.3, -0.25) is 14.4 Å². The molecule has 1 N–H and O–H groups in total. The molecule has 2 amide bonds. The van der Waals surface area contributed by atoms with Crippen molar-refractivity contribution in [3.63, 3.8) is 0 Å². The van der Waals surface area contributed by atoms with Crippen LogP contribution >= 0.6 is 0 Å². The molecule has 0 unspecified atom stereocenters. The van der Waals surface area contributed by atoms with Gasteiger partial charge in [-0.1, -0.05) is 18.5 Å². The molecule has 1 rings (SSSR count). The van der Waals surface area contributed by atoms with Crippen LogP contribution in [0.3, 0.4) is 0 Å². The van der Waals surface area contributed by atoms with E-state index in [1.165, 1.54) is 17.2 Å². The van der Waals surface area contributed by atoms with Gasteiger partial charge in [0.25, 0.3) is 0 Å². The molecule has 0 aliphatic carbocycles. The predicted molar refractivity (Wildman–Crippen MR) is 82.5 cm³/mol. The van der Waals surface area contributed by atoms with E-state index >= 15 is 0 Å². The largest absolute Gasteiger partial charge is 0.466 e. The molecule has 0 radical (unpaired) electrons. The van der Waals surface area contributed by atoms with Crippen molar-refractivity contribution in [2.45, 2.75) is 39.5 Å². The number of unbranched alkanes of at least 4 members (excludes halogenated alkanes) is 1. The van der Waals surface area contributed by atoms with E-state index in [1.807, 2.05) is 6.92 Å². The van der Waals surface area contributed by atoms with Crippen molar-refractivity contribution in [1.82, 2.24) is 10.1 Å². The molecule has 1 heterocycles. The number of hydrogen-bond acceptors (Lipinski definition) is 6. The molecular formula is C15H23N3O5. The lowest BCUT2D eigenvalue weighted by Gasteiger charge is -2.21. The molecule has 128 valence electrons. The minimum absolute atomic E-state index is 0.0141. The van der Waals surface area contributed by atoms with E-state index in [2.05, 4.69) is 15.0 Å². The highest BCUT2D eigenvalue weighted by molar-refractivity contribution is 5.94. The molecule has 23 heavy (non-hydrogen) atoms. The quantitative estimate of drug-likeness (QED) is 0.655. The summed E-state index contributed by atoms with van der Waals surface area (Å²) < 4.78 is 9.42. The van der Waals surface area contributed by atoms with E-state index in [9.17, 15) is 14.4 Å². The smallest absolute Gasteiger partial charge is 0.306 e. The summed E-state index contributed by atoms with van der Waals surface area (Å²) in [5, 5.41) is 6.12. The molecule has 8 nitrogen and oxygen atoms in total. The van der Waals surface area contributed by atoms with E-state index in [-0.39, 0.29) is 37.8 Å². The number of rotatable bonds is 10. The molecule has 1 aromatic heterocycles. The van der Waals surface area contributed by atoms with Gasteiger partial charge in [0, 0.05) is 19.0 Å². The highest BCUT2D eigenvalue weighted by Crippen LogP contribution is 2.05. The van der Waals surface area contributed by atoms with Gasteiger partial charge in [-0.2, -0.15) is 0 Å². The Bertz CT molecular complexity index is 501. The number of esters is 1. The first-order chi connectivity index (χ1) is 11.1. The Morgan fingerprint density at radius 1 is 1.30 bits per heavy atom. The first-order valence-electron chi connectivity index (χ1n) is 7.70. The number of anilines is 1. The van der Waals surface area contributed by atoms with Crippen molar-refractivity contribution in [1.29, 1.82) is 0 Å². The Balaban J connectivity index is 2.51. The van der Waals surface area contributed by atoms with E-state index in [1.54, 1.807) is 6.92 Å². The van der Waals surface area contributed by atoms with Crippen LogP contribution in [0.5, 0.6) is 0 Å². The third-order valence-electron chi connectivity index (χ3n) is 3.02. The van der Waals surface area contributed by atoms with Crippen molar-refractivity contribution in [3.05, 3.63) is 12.3 Å². The number of carbonyl (C=O) groups excluding carboxylic acids is 3. The first-order valence-corrected chi connectivity index (χ1v) is 7.70. The highest BCUT2D eigenvalue weighted by atomic mass is 16.5. The van der Waals surface area contributed by atoms with E-state index in [4.69, 9.17) is 4.74 Å². The van der Waals surface area contributed by atoms with Crippen LogP contribution in [0.4, 0.5) is 5.82 Å². The maximum Gasteiger partial charge on any atom is 0.306 e. The van der Waals surface area contributed by atoms with Crippen molar-refractivity contribution in [2.24, 2.45) is 0 Å². The molecule has 0 atom stereocenters. The van der Waals surface area contributed by atoms with Crippen LogP contribution in [0, 0.1) is 0 Å². The molecule has 0 aromatic carbocycles. The topological polar surface area (TPSA) is 102 Å². The molecule has 8 heteroatoms. The minimum Gasteiger partial charge on any atom is -0.466 e. The molecule has 0 saturated carbocycles. The zero-order valence-electron chi connectivity index (χ0n) is 13.5. The lowest BCUT2D eigenvalue weighted by Crippen LogP contribution is -2.38. The van der Waals surface area contributed by atoms with Crippen LogP contribution in [0.1, 0.15) is 39.5 Å². The SMILES string of the molecule is CCCCN(CC(=O)Nc1ccon1)C(=O)CCC(=O)OCC. The Labute approximate surface area is 135 Å². The zero-order chi connectivity index (χ0) is 17.1. The van der Waals surface area contributed by atoms with Gasteiger partial charge in [0.05, 0.1) is 19.6 Å². The van der Waals surface area contributed by atoms with Gasteiger partial charge in [-0.15, -0.1) is 0 Å². The Morgan fingerprint density at radius 3 is 2.70 bits per heavy atom. The van der Waals surface area contributed by atoms with Crippen LogP contribution < -0.4 is 5.32 Å². The monoisotopic (exact) mass is 325 g/mol. The summed E-state index contributed by atoms with van der Waals surface area (Å²) >= 11 is 0. The summed E-state index contributed by atoms with van der Waals surface area (Å²) in [6.45, 7) is 4.36. The lowest BCUT2D eigenvalue weighted by molar-refractivity contribution is -0.145. The molecule has 0 aliphatic heterocycles. The summed E-state index contributed by atoms with van der Waals surface area (Å²) in [4.78, 5) is 36.9. The second kappa shape index (κ2) is 10.4. The number of ether oxygens (including phenoxy) is 1. The fourth-order valence-electron chi connectivity index (χ4n) is 1.87. The lowest BCUT2D eigenvalue weighted by atomic mass is 10.2. The third kappa shape index (κ3) is 7.44. The highest BCUT2D eigenvalue weighted by Gasteiger charge is 2.18. The first kappa shape index (κ1) is 18.7. The Hall–Kier alpha value is -2.38. The standard InChI is InChI=1S/C15H23N3O5/c1-3-5-9-18(14(20)6-7-15(21)22-4-2)11-13(19)16-12-8-10-23-17-12/h8,10H,3-7,9,11H2,1-2H3,(H,16,17,19). The summed E-state index contributed by atoms with van der Waals surface area (Å²) in [5.74, 6) is -0.728. The van der Waals surface area contributed by atoms with Gasteiger partial charge >= 0.3 is 5.97 Å². The maximum absolute atomic E-state index is 12.2. The van der Waals surface area contributed by atoms with Crippen LogP contribution in [-0.4, -0.2) is 47.5 Å². The van der Waals surface area contributed by atoms with Crippen molar-refractivity contribution in [3.8, 4) is 0 Å². The number of amides is 2. The van der Waals surface area contributed by atoms with E-state index in [0.717, 1.165) is 12.8 Å². The Morgan fingerprint density at radius 2 is 2.09 bits per heavy atom. The summed E-state index contributed by atoms with van der Waals surface area (Å²) in [7, 11) is 0. The van der Waals surface area contributed by atoms with Gasteiger partial charge in [0.2, 0.25) is 11.8 Å². The number of nitrogens with one attached hydrogen (secondary N) is 1. The maximum atomic E-state index is 12.2. The molecule has 0 saturated heterocycles. The van der Waals surface area contributed by atoms with Gasteiger partial charge in [0.1, 0.15) is 6.26 Å². The number of carbonyl (C=O) groups is 3. The molecular weight excluding hydrogens is 302 g/mol. The number of nitrogens with zero attached hydrogens (tertiary/aromatic N) is 2. The molecule has 0 bridgehead atoms. The minimum atomic E-state index is -0.414. The number of aromatic nitrogens is 1. The van der Waals surface area contributed by atoms with E-state index < -0.39 is 5.97 Å². The van der Waals surface area contributed by atoms with Crippen molar-refractivity contribution in [2.75, 3.05) is 25.0 Å². The fourth-order valence-corrected chi connectivity index (χ4v) is 1.87. The van der Waals surface area contributed by atoms with Gasteiger partial charge in [-0.05, 0) is 13.3 Å². The second-order valence-corrected chi connectivity index (χ2v) is 4.91. The summed E-state index contributed by atoms with van der Waals surface area (Å²) in [6.07, 6.45) is 3.06. The van der Waals surface area contributed by atoms with Gasteiger partial charge in [0.15, 0.2) is 5.82 Å². The third-order valence-corrected chi connectivity index (χ3v) is 3.02. The van der Waals surface area contributed by atoms with Crippen LogP contribution in [0.2, 0.25) is 0 Å². The molecule has 1 aromatic rings. The fraction of sp³-hybridized carbons (Fsp3) is 0.600. The molecule has 0 fully saturated rings. The second-order valence-electron chi connectivity index (χ2n) is 4.91. The molecule has 0 aliphatic rings. The predicted octanol–water partition coefficient (Wildman–Crippen LogP) is 1.59. The Kier molecular flexibility index (Phi) is 8.41. The average Bonchev–Trinajstić information content (AvgIpc) is 3.02.